The fraction of sp³-hybridized carbons (Fsp3) is 0.632. The minimum absolute atomic E-state index is 0.699. The fourth-order valence-electron chi connectivity index (χ4n) is 5.33. The van der Waals surface area contributed by atoms with Gasteiger partial charge in [-0.1, -0.05) is 141 Å². The van der Waals surface area contributed by atoms with Crippen molar-refractivity contribution in [3.05, 3.63) is 48.5 Å². The lowest BCUT2D eigenvalue weighted by Crippen LogP contribution is -2.29. The third-order valence-corrected chi connectivity index (χ3v) is 9.60. The lowest BCUT2D eigenvalue weighted by molar-refractivity contribution is 0.555. The molecule has 0 aliphatic heterocycles. The number of unbranched alkanes of at least 4 members (excludes halogenated alkanes) is 18. The largest absolute Gasteiger partial charge is 0.362 e. The Morgan fingerprint density at radius 1 is 0.444 bits per heavy atom. The van der Waals surface area contributed by atoms with Crippen molar-refractivity contribution < 1.29 is 0 Å². The number of hydrogen-bond acceptors (Lipinski definition) is 3. The van der Waals surface area contributed by atoms with Gasteiger partial charge in [-0.25, -0.2) is 0 Å². The van der Waals surface area contributed by atoms with Crippen molar-refractivity contribution in [2.45, 2.75) is 152 Å². The zero-order chi connectivity index (χ0) is 32.2. The van der Waals surface area contributed by atoms with Gasteiger partial charge in [0.25, 0.3) is 0 Å². The van der Waals surface area contributed by atoms with Crippen LogP contribution in [0.2, 0.25) is 0 Å². The fourth-order valence-corrected chi connectivity index (χ4v) is 6.58. The summed E-state index contributed by atoms with van der Waals surface area (Å²) in [5, 5.41) is 14.7. The molecule has 4 nitrogen and oxygen atoms in total. The van der Waals surface area contributed by atoms with Gasteiger partial charge in [-0.05, 0) is 85.8 Å². The molecule has 0 bridgehead atoms. The van der Waals surface area contributed by atoms with Crippen LogP contribution in [0.5, 0.6) is 0 Å². The molecular formula is C38H62N4S3. The molecule has 2 aromatic carbocycles. The lowest BCUT2D eigenvalue weighted by Gasteiger charge is -2.12. The van der Waals surface area contributed by atoms with Crippen LogP contribution in [0.3, 0.4) is 0 Å². The first-order chi connectivity index (χ1) is 22.1. The van der Waals surface area contributed by atoms with Crippen molar-refractivity contribution in [2.24, 2.45) is 0 Å². The van der Waals surface area contributed by atoms with E-state index in [1.807, 2.05) is 0 Å². The van der Waals surface area contributed by atoms with Gasteiger partial charge in [0.05, 0.1) is 0 Å². The molecule has 0 aliphatic carbocycles. The standard InChI is InChI=1S/C38H62N4S3/c1-3-5-7-9-11-13-15-17-19-21-31-39-37(43)41-33-23-27-35(28-24-33)45-36-29-25-34(26-30-36)42-38(44)40-32-22-20-18-16-14-12-10-8-6-4-2/h23-30H,3-22,31-32H2,1-2H3,(H2,39,41,43)(H2,40,42,44). The Kier molecular flexibility index (Phi) is 23.9. The van der Waals surface area contributed by atoms with E-state index in [0.717, 1.165) is 24.5 Å². The van der Waals surface area contributed by atoms with Crippen molar-refractivity contribution >= 4 is 57.8 Å². The second-order valence-electron chi connectivity index (χ2n) is 12.3. The zero-order valence-corrected chi connectivity index (χ0v) is 30.8. The highest BCUT2D eigenvalue weighted by Crippen LogP contribution is 2.29. The van der Waals surface area contributed by atoms with E-state index in [2.05, 4.69) is 83.6 Å². The van der Waals surface area contributed by atoms with Crippen LogP contribution < -0.4 is 21.3 Å². The molecule has 0 saturated heterocycles. The Balaban J connectivity index is 1.52. The Morgan fingerprint density at radius 3 is 1.04 bits per heavy atom. The molecular weight excluding hydrogens is 609 g/mol. The number of hydrogen-bond donors (Lipinski definition) is 4. The molecule has 0 aliphatic rings. The van der Waals surface area contributed by atoms with Gasteiger partial charge in [0.1, 0.15) is 0 Å². The Morgan fingerprint density at radius 2 is 0.733 bits per heavy atom. The lowest BCUT2D eigenvalue weighted by atomic mass is 10.1. The molecule has 252 valence electrons. The van der Waals surface area contributed by atoms with Crippen LogP contribution in [0.1, 0.15) is 142 Å². The smallest absolute Gasteiger partial charge is 0.170 e. The average molecular weight is 671 g/mol. The van der Waals surface area contributed by atoms with Gasteiger partial charge in [-0.15, -0.1) is 0 Å². The average Bonchev–Trinajstić information content (AvgIpc) is 3.04. The zero-order valence-electron chi connectivity index (χ0n) is 28.4. The number of benzene rings is 2. The van der Waals surface area contributed by atoms with Crippen LogP contribution in [0, 0.1) is 0 Å². The van der Waals surface area contributed by atoms with Crippen molar-refractivity contribution in [1.82, 2.24) is 10.6 Å². The quantitative estimate of drug-likeness (QED) is 0.0587. The van der Waals surface area contributed by atoms with E-state index < -0.39 is 0 Å². The van der Waals surface area contributed by atoms with Gasteiger partial charge in [0, 0.05) is 34.3 Å². The molecule has 0 saturated carbocycles. The second kappa shape index (κ2) is 27.3. The van der Waals surface area contributed by atoms with Gasteiger partial charge >= 0.3 is 0 Å². The predicted molar refractivity (Wildman–Crippen MR) is 209 cm³/mol. The van der Waals surface area contributed by atoms with Gasteiger partial charge in [-0.2, -0.15) is 0 Å². The molecule has 0 heterocycles. The summed E-state index contributed by atoms with van der Waals surface area (Å²) in [5.41, 5.74) is 2.02. The number of thiocarbonyl (C=S) groups is 2. The van der Waals surface area contributed by atoms with E-state index in [4.69, 9.17) is 24.4 Å². The first-order valence-electron chi connectivity index (χ1n) is 18.1. The molecule has 0 radical (unpaired) electrons. The third-order valence-electron chi connectivity index (χ3n) is 8.09. The van der Waals surface area contributed by atoms with Crippen LogP contribution in [0.4, 0.5) is 11.4 Å². The Hall–Kier alpha value is -1.83. The first kappa shape index (κ1) is 39.3. The second-order valence-corrected chi connectivity index (χ2v) is 14.2. The Labute approximate surface area is 291 Å². The van der Waals surface area contributed by atoms with Crippen LogP contribution >= 0.6 is 36.2 Å². The number of nitrogens with one attached hydrogen (secondary N) is 4. The Bertz CT molecular complexity index is 929. The van der Waals surface area contributed by atoms with Crippen molar-refractivity contribution in [3.63, 3.8) is 0 Å². The molecule has 0 fully saturated rings. The molecule has 2 aromatic rings. The highest BCUT2D eigenvalue weighted by molar-refractivity contribution is 7.99. The monoisotopic (exact) mass is 670 g/mol. The molecule has 0 aromatic heterocycles. The van der Waals surface area contributed by atoms with Crippen molar-refractivity contribution in [1.29, 1.82) is 0 Å². The minimum atomic E-state index is 0.699. The van der Waals surface area contributed by atoms with E-state index in [0.29, 0.717) is 10.2 Å². The summed E-state index contributed by atoms with van der Waals surface area (Å²) in [6, 6.07) is 16.9. The van der Waals surface area contributed by atoms with Gasteiger partial charge in [0.2, 0.25) is 0 Å². The molecule has 45 heavy (non-hydrogen) atoms. The molecule has 0 atom stereocenters. The van der Waals surface area contributed by atoms with E-state index >= 15 is 0 Å². The summed E-state index contributed by atoms with van der Waals surface area (Å²) < 4.78 is 0. The van der Waals surface area contributed by atoms with Gasteiger partial charge in [-0.3, -0.25) is 0 Å². The maximum Gasteiger partial charge on any atom is 0.170 e. The van der Waals surface area contributed by atoms with E-state index in [-0.39, 0.29) is 0 Å². The third kappa shape index (κ3) is 21.6. The van der Waals surface area contributed by atoms with Gasteiger partial charge < -0.3 is 21.3 Å². The summed E-state index contributed by atoms with van der Waals surface area (Å²) in [4.78, 5) is 2.39. The molecule has 7 heteroatoms. The first-order valence-corrected chi connectivity index (χ1v) is 19.7. The molecule has 0 spiro atoms. The van der Waals surface area contributed by atoms with Gasteiger partial charge in [0.15, 0.2) is 10.2 Å². The van der Waals surface area contributed by atoms with Crippen molar-refractivity contribution in [2.75, 3.05) is 23.7 Å². The van der Waals surface area contributed by atoms with E-state index in [1.165, 1.54) is 138 Å². The molecule has 4 N–H and O–H groups in total. The van der Waals surface area contributed by atoms with Crippen LogP contribution in [0.25, 0.3) is 0 Å². The summed E-state index contributed by atoms with van der Waals surface area (Å²) in [6.45, 7) is 6.42. The summed E-state index contributed by atoms with van der Waals surface area (Å²) in [7, 11) is 0. The summed E-state index contributed by atoms with van der Waals surface area (Å²) >= 11 is 12.8. The minimum Gasteiger partial charge on any atom is -0.362 e. The summed E-state index contributed by atoms with van der Waals surface area (Å²) in [5.74, 6) is 0. The molecule has 0 amide bonds. The van der Waals surface area contributed by atoms with E-state index in [1.54, 1.807) is 11.8 Å². The predicted octanol–water partition coefficient (Wildman–Crippen LogP) is 12.3. The SMILES string of the molecule is CCCCCCCCCCCCNC(=S)Nc1ccc(Sc2ccc(NC(=S)NCCCCCCCCCCCC)cc2)cc1. The molecule has 0 unspecified atom stereocenters. The maximum atomic E-state index is 5.50. The highest BCUT2D eigenvalue weighted by Gasteiger charge is 2.03. The van der Waals surface area contributed by atoms with Crippen molar-refractivity contribution in [3.8, 4) is 0 Å². The van der Waals surface area contributed by atoms with Crippen LogP contribution in [0.15, 0.2) is 58.3 Å². The maximum absolute atomic E-state index is 5.50. The number of rotatable bonds is 26. The van der Waals surface area contributed by atoms with Crippen LogP contribution in [-0.2, 0) is 0 Å². The van der Waals surface area contributed by atoms with E-state index in [9.17, 15) is 0 Å². The topological polar surface area (TPSA) is 48.1 Å². The van der Waals surface area contributed by atoms with Crippen LogP contribution in [-0.4, -0.2) is 23.3 Å². The number of anilines is 2. The molecule has 2 rings (SSSR count). The summed E-state index contributed by atoms with van der Waals surface area (Å²) in [6.07, 6.45) is 26.9. The normalized spacial score (nSPS) is 10.9. The highest BCUT2D eigenvalue weighted by atomic mass is 32.2.